The lowest BCUT2D eigenvalue weighted by molar-refractivity contribution is -0.125. The number of benzene rings is 2. The van der Waals surface area contributed by atoms with Gasteiger partial charge in [-0.05, 0) is 51.0 Å². The zero-order valence-corrected chi connectivity index (χ0v) is 19.3. The van der Waals surface area contributed by atoms with E-state index in [1.54, 1.807) is 19.1 Å². The fourth-order valence-electron chi connectivity index (χ4n) is 3.38. The second kappa shape index (κ2) is 10.9. The molecular weight excluding hydrogens is 426 g/mol. The number of fused-ring (bicyclic) bond motifs is 1. The van der Waals surface area contributed by atoms with Crippen molar-refractivity contribution in [3.63, 3.8) is 0 Å². The van der Waals surface area contributed by atoms with Crippen molar-refractivity contribution < 1.29 is 19.1 Å². The monoisotopic (exact) mass is 453 g/mol. The van der Waals surface area contributed by atoms with E-state index in [-0.39, 0.29) is 23.4 Å². The van der Waals surface area contributed by atoms with Crippen molar-refractivity contribution in [2.24, 2.45) is 0 Å². The third kappa shape index (κ3) is 5.76. The van der Waals surface area contributed by atoms with Gasteiger partial charge in [0, 0.05) is 6.54 Å². The second-order valence-corrected chi connectivity index (χ2v) is 8.21. The summed E-state index contributed by atoms with van der Waals surface area (Å²) in [4.78, 5) is 41.2. The molecule has 3 rings (SSSR count). The first kappa shape index (κ1) is 23.5. The van der Waals surface area contributed by atoms with Crippen LogP contribution in [0.2, 0.25) is 0 Å². The Kier molecular flexibility index (Phi) is 8.05. The first-order valence-electron chi connectivity index (χ1n) is 10.6. The molecule has 1 atom stereocenters. The second-order valence-electron chi connectivity index (χ2n) is 7.27. The van der Waals surface area contributed by atoms with Crippen LogP contribution in [0.3, 0.4) is 0 Å². The number of esters is 1. The minimum Gasteiger partial charge on any atom is -0.462 e. The summed E-state index contributed by atoms with van der Waals surface area (Å²) >= 11 is 1.30. The summed E-state index contributed by atoms with van der Waals surface area (Å²) < 4.78 is 7.05. The number of nitrogens with zero attached hydrogens (tertiary/aromatic N) is 2. The van der Waals surface area contributed by atoms with Gasteiger partial charge in [0.2, 0.25) is 5.91 Å². The first-order chi connectivity index (χ1) is 15.4. The molecule has 0 aliphatic heterocycles. The highest BCUT2D eigenvalue weighted by molar-refractivity contribution is 7.99. The maximum absolute atomic E-state index is 12.6. The van der Waals surface area contributed by atoms with Crippen LogP contribution in [-0.4, -0.2) is 45.6 Å². The third-order valence-corrected chi connectivity index (χ3v) is 5.96. The lowest BCUT2D eigenvalue weighted by atomic mass is 10.0. The number of hydrogen-bond donors (Lipinski definition) is 1. The summed E-state index contributed by atoms with van der Waals surface area (Å²) in [5.74, 6) is -0.567. The molecule has 0 saturated heterocycles. The molecule has 1 heterocycles. The number of thioether (sulfide) groups is 1. The van der Waals surface area contributed by atoms with Gasteiger partial charge < -0.3 is 14.6 Å². The maximum Gasteiger partial charge on any atom is 0.338 e. The molecule has 0 fully saturated rings. The Labute approximate surface area is 191 Å². The van der Waals surface area contributed by atoms with Crippen molar-refractivity contribution in [1.29, 1.82) is 0 Å². The molecule has 7 nitrogen and oxygen atoms in total. The van der Waals surface area contributed by atoms with Crippen molar-refractivity contribution in [3.8, 4) is 0 Å². The Bertz CT molecular complexity index is 1110. The van der Waals surface area contributed by atoms with Crippen molar-refractivity contribution in [2.75, 3.05) is 12.4 Å². The minimum atomic E-state index is -0.567. The van der Waals surface area contributed by atoms with Crippen molar-refractivity contribution in [1.82, 2.24) is 14.9 Å². The van der Waals surface area contributed by atoms with E-state index in [4.69, 9.17) is 4.74 Å². The number of amides is 1. The zero-order chi connectivity index (χ0) is 23.1. The van der Waals surface area contributed by atoms with E-state index in [9.17, 15) is 14.4 Å². The van der Waals surface area contributed by atoms with Gasteiger partial charge in [0.05, 0.1) is 35.0 Å². The van der Waals surface area contributed by atoms with Crippen LogP contribution in [0.1, 0.15) is 36.7 Å². The van der Waals surface area contributed by atoms with Gasteiger partial charge in [-0.2, -0.15) is 0 Å². The van der Waals surface area contributed by atoms with Crippen LogP contribution in [0.15, 0.2) is 53.7 Å². The highest BCUT2D eigenvalue weighted by atomic mass is 32.2. The molecule has 0 radical (unpaired) electrons. The minimum absolute atomic E-state index is 0.0838. The Balaban J connectivity index is 1.69. The van der Waals surface area contributed by atoms with Crippen molar-refractivity contribution in [3.05, 3.63) is 59.7 Å². The summed E-state index contributed by atoms with van der Waals surface area (Å²) in [7, 11) is 0. The molecule has 3 aromatic rings. The average Bonchev–Trinajstić information content (AvgIpc) is 3.14. The Morgan fingerprint density at radius 1 is 1.12 bits per heavy atom. The molecule has 1 amide bonds. The largest absolute Gasteiger partial charge is 0.462 e. The maximum atomic E-state index is 12.6. The molecule has 0 aliphatic carbocycles. The van der Waals surface area contributed by atoms with Crippen LogP contribution in [-0.2, 0) is 27.3 Å². The van der Waals surface area contributed by atoms with E-state index in [1.807, 2.05) is 47.9 Å². The quantitative estimate of drug-likeness (QED) is 0.372. The summed E-state index contributed by atoms with van der Waals surface area (Å²) in [5, 5.41) is 3.52. The van der Waals surface area contributed by atoms with Crippen molar-refractivity contribution >= 4 is 40.5 Å². The molecule has 1 unspecified atom stereocenters. The molecule has 0 spiro atoms. The smallest absolute Gasteiger partial charge is 0.338 e. The number of carbonyl (C=O) groups excluding carboxylic acids is 3. The van der Waals surface area contributed by atoms with Gasteiger partial charge in [-0.15, -0.1) is 0 Å². The van der Waals surface area contributed by atoms with Gasteiger partial charge in [0.1, 0.15) is 0 Å². The van der Waals surface area contributed by atoms with Crippen LogP contribution in [0, 0.1) is 0 Å². The van der Waals surface area contributed by atoms with Gasteiger partial charge in [-0.3, -0.25) is 9.59 Å². The number of aryl methyl sites for hydroxylation is 1. The number of nitrogens with one attached hydrogen (secondary N) is 1. The number of ether oxygens (including phenoxy) is 1. The standard InChI is InChI=1S/C24H27N3O4S/c1-4-27-21-12-11-18(23(30)31-5-2)14-20(21)26-24(27)32-15-22(29)25-19(16(3)28)13-17-9-7-6-8-10-17/h6-12,14,19H,4-5,13,15H2,1-3H3,(H,25,29). The number of carbonyl (C=O) groups is 3. The molecule has 0 saturated carbocycles. The van der Waals surface area contributed by atoms with Crippen LogP contribution >= 0.6 is 11.8 Å². The highest BCUT2D eigenvalue weighted by Gasteiger charge is 2.19. The zero-order valence-electron chi connectivity index (χ0n) is 18.5. The number of imidazole rings is 1. The van der Waals surface area contributed by atoms with Crippen LogP contribution in [0.25, 0.3) is 11.0 Å². The Morgan fingerprint density at radius 3 is 2.53 bits per heavy atom. The molecule has 0 bridgehead atoms. The Hall–Kier alpha value is -3.13. The average molecular weight is 454 g/mol. The molecule has 1 N–H and O–H groups in total. The summed E-state index contributed by atoms with van der Waals surface area (Å²) in [6.07, 6.45) is 0.455. The van der Waals surface area contributed by atoms with Gasteiger partial charge in [-0.25, -0.2) is 9.78 Å². The van der Waals surface area contributed by atoms with Crippen molar-refractivity contribution in [2.45, 2.75) is 44.9 Å². The molecule has 2 aromatic carbocycles. The van der Waals surface area contributed by atoms with Crippen LogP contribution in [0.4, 0.5) is 0 Å². The number of ketones is 1. The van der Waals surface area contributed by atoms with Crippen LogP contribution < -0.4 is 5.32 Å². The predicted octanol–water partition coefficient (Wildman–Crippen LogP) is 3.64. The Morgan fingerprint density at radius 2 is 1.88 bits per heavy atom. The summed E-state index contributed by atoms with van der Waals surface area (Å²) in [6, 6.07) is 14.3. The fourth-order valence-corrected chi connectivity index (χ4v) is 4.27. The topological polar surface area (TPSA) is 90.3 Å². The SMILES string of the molecule is CCOC(=O)c1ccc2c(c1)nc(SCC(=O)NC(Cc1ccccc1)C(C)=O)n2CC. The summed E-state index contributed by atoms with van der Waals surface area (Å²) in [6.45, 7) is 6.22. The number of rotatable bonds is 10. The molecular formula is C24H27N3O4S. The number of Topliss-reactive ketones (excluding diaryl/α,β-unsaturated/α-hetero) is 1. The lowest BCUT2D eigenvalue weighted by Crippen LogP contribution is -2.42. The molecule has 0 aliphatic rings. The van der Waals surface area contributed by atoms with E-state index < -0.39 is 6.04 Å². The fraction of sp³-hybridized carbons (Fsp3) is 0.333. The summed E-state index contributed by atoms with van der Waals surface area (Å²) in [5.41, 5.74) is 2.99. The number of aromatic nitrogens is 2. The highest BCUT2D eigenvalue weighted by Crippen LogP contribution is 2.25. The van der Waals surface area contributed by atoms with Crippen LogP contribution in [0.5, 0.6) is 0 Å². The lowest BCUT2D eigenvalue weighted by Gasteiger charge is -2.16. The predicted molar refractivity (Wildman–Crippen MR) is 125 cm³/mol. The molecule has 168 valence electrons. The van der Waals surface area contributed by atoms with E-state index >= 15 is 0 Å². The normalized spacial score (nSPS) is 11.8. The van der Waals surface area contributed by atoms with Gasteiger partial charge in [0.25, 0.3) is 0 Å². The van der Waals surface area contributed by atoms with E-state index in [1.165, 1.54) is 18.7 Å². The number of hydrogen-bond acceptors (Lipinski definition) is 6. The third-order valence-electron chi connectivity index (χ3n) is 4.98. The molecule has 8 heteroatoms. The van der Waals surface area contributed by atoms with E-state index in [2.05, 4.69) is 10.3 Å². The van der Waals surface area contributed by atoms with Gasteiger partial charge in [-0.1, -0.05) is 42.1 Å². The van der Waals surface area contributed by atoms with Gasteiger partial charge >= 0.3 is 5.97 Å². The first-order valence-corrected chi connectivity index (χ1v) is 11.5. The molecule has 32 heavy (non-hydrogen) atoms. The van der Waals surface area contributed by atoms with E-state index in [0.29, 0.717) is 35.8 Å². The molecule has 1 aromatic heterocycles. The van der Waals surface area contributed by atoms with E-state index in [0.717, 1.165) is 11.1 Å². The van der Waals surface area contributed by atoms with Gasteiger partial charge in [0.15, 0.2) is 10.9 Å².